The van der Waals surface area contributed by atoms with Crippen molar-refractivity contribution in [3.8, 4) is 11.8 Å². The highest BCUT2D eigenvalue weighted by atomic mass is 16.5. The Morgan fingerprint density at radius 2 is 1.84 bits per heavy atom. The van der Waals surface area contributed by atoms with Gasteiger partial charge >= 0.3 is 0 Å². The van der Waals surface area contributed by atoms with Gasteiger partial charge in [0.1, 0.15) is 17.4 Å². The Hall–Kier alpha value is -3.06. The average molecular weight is 334 g/mol. The molecule has 0 heterocycles. The van der Waals surface area contributed by atoms with Gasteiger partial charge in [0.15, 0.2) is 0 Å². The van der Waals surface area contributed by atoms with Crippen molar-refractivity contribution >= 4 is 17.7 Å². The molecule has 0 aliphatic rings. The molecule has 0 saturated carbocycles. The molecule has 1 N–H and O–H groups in total. The van der Waals surface area contributed by atoms with E-state index in [4.69, 9.17) is 4.74 Å². The Labute approximate surface area is 148 Å². The van der Waals surface area contributed by atoms with Crippen molar-refractivity contribution in [3.05, 3.63) is 65.2 Å². The van der Waals surface area contributed by atoms with Gasteiger partial charge in [-0.25, -0.2) is 0 Å². The van der Waals surface area contributed by atoms with Crippen LogP contribution in [0.1, 0.15) is 31.9 Å². The number of carbonyl (C=O) groups excluding carboxylic acids is 1. The van der Waals surface area contributed by atoms with E-state index >= 15 is 0 Å². The van der Waals surface area contributed by atoms with E-state index in [1.165, 1.54) is 5.56 Å². The predicted molar refractivity (Wildman–Crippen MR) is 100 cm³/mol. The van der Waals surface area contributed by atoms with Crippen LogP contribution in [0.3, 0.4) is 0 Å². The number of ether oxygens (including phenoxy) is 1. The summed E-state index contributed by atoms with van der Waals surface area (Å²) in [5.74, 6) is 0.189. The van der Waals surface area contributed by atoms with Crippen LogP contribution in [0.5, 0.6) is 5.75 Å². The van der Waals surface area contributed by atoms with E-state index in [1.807, 2.05) is 30.3 Å². The molecule has 0 radical (unpaired) electrons. The third-order valence-corrected chi connectivity index (χ3v) is 3.78. The Kier molecular flexibility index (Phi) is 5.61. The minimum Gasteiger partial charge on any atom is -0.497 e. The number of nitriles is 1. The molecule has 2 aromatic carbocycles. The summed E-state index contributed by atoms with van der Waals surface area (Å²) in [7, 11) is 1.56. The van der Waals surface area contributed by atoms with Crippen molar-refractivity contribution in [1.29, 1.82) is 5.26 Å². The largest absolute Gasteiger partial charge is 0.497 e. The topological polar surface area (TPSA) is 62.1 Å². The molecule has 0 bridgehead atoms. The highest BCUT2D eigenvalue weighted by molar-refractivity contribution is 6.09. The standard InChI is InChI=1S/C21H22N2O2/c1-21(2,3)17-10-8-15(9-11-17)12-16(14-22)20(24)23-18-6-5-7-19(13-18)25-4/h5-13H,1-4H3,(H,23,24). The van der Waals surface area contributed by atoms with Gasteiger partial charge in [-0.1, -0.05) is 51.1 Å². The van der Waals surface area contributed by atoms with Crippen molar-refractivity contribution in [2.75, 3.05) is 12.4 Å². The van der Waals surface area contributed by atoms with Gasteiger partial charge in [-0.3, -0.25) is 4.79 Å². The summed E-state index contributed by atoms with van der Waals surface area (Å²) in [5.41, 5.74) is 2.69. The maximum absolute atomic E-state index is 12.3. The third kappa shape index (κ3) is 4.95. The molecule has 0 atom stereocenters. The summed E-state index contributed by atoms with van der Waals surface area (Å²) < 4.78 is 5.13. The number of nitrogens with one attached hydrogen (secondary N) is 1. The van der Waals surface area contributed by atoms with E-state index in [-0.39, 0.29) is 11.0 Å². The molecular formula is C21H22N2O2. The minimum absolute atomic E-state index is 0.0475. The fourth-order valence-electron chi connectivity index (χ4n) is 2.29. The molecule has 1 amide bonds. The third-order valence-electron chi connectivity index (χ3n) is 3.78. The summed E-state index contributed by atoms with van der Waals surface area (Å²) in [5, 5.41) is 12.0. The van der Waals surface area contributed by atoms with Crippen LogP contribution in [0.4, 0.5) is 5.69 Å². The lowest BCUT2D eigenvalue weighted by Crippen LogP contribution is -2.13. The van der Waals surface area contributed by atoms with E-state index in [0.29, 0.717) is 11.4 Å². The van der Waals surface area contributed by atoms with E-state index in [1.54, 1.807) is 37.5 Å². The van der Waals surface area contributed by atoms with Gasteiger partial charge in [-0.15, -0.1) is 0 Å². The molecule has 4 nitrogen and oxygen atoms in total. The number of amides is 1. The van der Waals surface area contributed by atoms with Gasteiger partial charge in [0.25, 0.3) is 5.91 Å². The molecule has 0 fully saturated rings. The van der Waals surface area contributed by atoms with Crippen LogP contribution in [0, 0.1) is 11.3 Å². The van der Waals surface area contributed by atoms with E-state index < -0.39 is 5.91 Å². The molecular weight excluding hydrogens is 312 g/mol. The predicted octanol–water partition coefficient (Wildman–Crippen LogP) is 4.54. The molecule has 0 saturated heterocycles. The van der Waals surface area contributed by atoms with Gasteiger partial charge in [-0.2, -0.15) is 5.26 Å². The van der Waals surface area contributed by atoms with Crippen LogP contribution >= 0.6 is 0 Å². The van der Waals surface area contributed by atoms with Crippen LogP contribution in [-0.4, -0.2) is 13.0 Å². The van der Waals surface area contributed by atoms with Crippen LogP contribution < -0.4 is 10.1 Å². The first kappa shape index (κ1) is 18.3. The Balaban J connectivity index is 2.19. The van der Waals surface area contributed by atoms with Gasteiger partial charge in [-0.05, 0) is 34.8 Å². The highest BCUT2D eigenvalue weighted by Crippen LogP contribution is 2.23. The first-order valence-corrected chi connectivity index (χ1v) is 8.01. The van der Waals surface area contributed by atoms with Crippen molar-refractivity contribution < 1.29 is 9.53 Å². The normalized spacial score (nSPS) is 11.6. The molecule has 128 valence electrons. The first-order chi connectivity index (χ1) is 11.8. The second kappa shape index (κ2) is 7.67. The highest BCUT2D eigenvalue weighted by Gasteiger charge is 2.13. The quantitative estimate of drug-likeness (QED) is 0.659. The maximum Gasteiger partial charge on any atom is 0.266 e. The Morgan fingerprint density at radius 3 is 2.40 bits per heavy atom. The number of carbonyl (C=O) groups is 1. The summed E-state index contributed by atoms with van der Waals surface area (Å²) >= 11 is 0. The zero-order valence-corrected chi connectivity index (χ0v) is 15.0. The molecule has 0 spiro atoms. The van der Waals surface area contributed by atoms with E-state index in [2.05, 4.69) is 26.1 Å². The fraction of sp³-hybridized carbons (Fsp3) is 0.238. The molecule has 0 unspecified atom stereocenters. The maximum atomic E-state index is 12.3. The number of nitrogens with zero attached hydrogens (tertiary/aromatic N) is 1. The summed E-state index contributed by atoms with van der Waals surface area (Å²) in [6, 6.07) is 16.8. The minimum atomic E-state index is -0.448. The van der Waals surface area contributed by atoms with Crippen molar-refractivity contribution in [1.82, 2.24) is 0 Å². The van der Waals surface area contributed by atoms with Crippen molar-refractivity contribution in [2.45, 2.75) is 26.2 Å². The number of rotatable bonds is 4. The summed E-state index contributed by atoms with van der Waals surface area (Å²) in [6.07, 6.45) is 1.59. The van der Waals surface area contributed by atoms with Crippen LogP contribution in [0.15, 0.2) is 54.1 Å². The molecule has 4 heteroatoms. The van der Waals surface area contributed by atoms with Crippen LogP contribution in [-0.2, 0) is 10.2 Å². The molecule has 2 rings (SSSR count). The molecule has 2 aromatic rings. The number of anilines is 1. The lowest BCUT2D eigenvalue weighted by molar-refractivity contribution is -0.112. The summed E-state index contributed by atoms with van der Waals surface area (Å²) in [6.45, 7) is 6.42. The van der Waals surface area contributed by atoms with Gasteiger partial charge in [0, 0.05) is 11.8 Å². The number of hydrogen-bond donors (Lipinski definition) is 1. The average Bonchev–Trinajstić information content (AvgIpc) is 2.59. The number of methoxy groups -OCH3 is 1. The second-order valence-electron chi connectivity index (χ2n) is 6.73. The van der Waals surface area contributed by atoms with Gasteiger partial charge < -0.3 is 10.1 Å². The molecule has 0 aliphatic heterocycles. The first-order valence-electron chi connectivity index (χ1n) is 8.01. The van der Waals surface area contributed by atoms with Gasteiger partial charge in [0.2, 0.25) is 0 Å². The summed E-state index contributed by atoms with van der Waals surface area (Å²) in [4.78, 5) is 12.3. The zero-order valence-electron chi connectivity index (χ0n) is 15.0. The van der Waals surface area contributed by atoms with E-state index in [0.717, 1.165) is 5.56 Å². The zero-order chi connectivity index (χ0) is 18.4. The lowest BCUT2D eigenvalue weighted by Gasteiger charge is -2.18. The molecule has 25 heavy (non-hydrogen) atoms. The monoisotopic (exact) mass is 334 g/mol. The van der Waals surface area contributed by atoms with E-state index in [9.17, 15) is 10.1 Å². The number of hydrogen-bond acceptors (Lipinski definition) is 3. The fourth-order valence-corrected chi connectivity index (χ4v) is 2.29. The Bertz CT molecular complexity index is 822. The van der Waals surface area contributed by atoms with Crippen molar-refractivity contribution in [3.63, 3.8) is 0 Å². The Morgan fingerprint density at radius 1 is 1.16 bits per heavy atom. The lowest BCUT2D eigenvalue weighted by atomic mass is 9.86. The second-order valence-corrected chi connectivity index (χ2v) is 6.73. The smallest absolute Gasteiger partial charge is 0.266 e. The molecule has 0 aliphatic carbocycles. The molecule has 0 aromatic heterocycles. The number of benzene rings is 2. The van der Waals surface area contributed by atoms with Crippen LogP contribution in [0.2, 0.25) is 0 Å². The van der Waals surface area contributed by atoms with Crippen molar-refractivity contribution in [2.24, 2.45) is 0 Å². The van der Waals surface area contributed by atoms with Gasteiger partial charge in [0.05, 0.1) is 7.11 Å². The SMILES string of the molecule is COc1cccc(NC(=O)C(C#N)=Cc2ccc(C(C)(C)C)cc2)c1. The van der Waals surface area contributed by atoms with Crippen LogP contribution in [0.25, 0.3) is 6.08 Å².